The van der Waals surface area contributed by atoms with Crippen LogP contribution in [-0.4, -0.2) is 52.3 Å². The summed E-state index contributed by atoms with van der Waals surface area (Å²) < 4.78 is 73.6. The van der Waals surface area contributed by atoms with Gasteiger partial charge in [0.15, 0.2) is 0 Å². The van der Waals surface area contributed by atoms with Crippen molar-refractivity contribution in [1.82, 2.24) is 0 Å². The van der Waals surface area contributed by atoms with E-state index in [-0.39, 0.29) is 0 Å². The van der Waals surface area contributed by atoms with E-state index in [1.54, 1.807) is 0 Å². The minimum absolute atomic E-state index is 0.331. The fourth-order valence-electron chi connectivity index (χ4n) is 3.54. The molecule has 8 nitrogen and oxygen atoms in total. The summed E-state index contributed by atoms with van der Waals surface area (Å²) in [7, 11) is -14.9. The minimum atomic E-state index is -4.36. The highest BCUT2D eigenvalue weighted by atomic mass is 32.3. The number of hydrogen-bond donors (Lipinski definition) is 0. The molecule has 168 valence electrons. The molecule has 1 fully saturated rings. The molecule has 0 amide bonds. The van der Waals surface area contributed by atoms with Crippen LogP contribution in [0.5, 0.6) is 0 Å². The van der Waals surface area contributed by atoms with Crippen molar-refractivity contribution in [2.45, 2.75) is 84.0 Å². The van der Waals surface area contributed by atoms with Crippen molar-refractivity contribution < 1.29 is 33.4 Å². The number of rotatable bonds is 8. The topological polar surface area (TPSA) is 105 Å². The van der Waals surface area contributed by atoms with Gasteiger partial charge in [-0.05, 0) is 30.6 Å². The van der Waals surface area contributed by atoms with Gasteiger partial charge in [0.05, 0.1) is 0 Å². The Morgan fingerprint density at radius 2 is 0.964 bits per heavy atom. The average Bonchev–Trinajstić information content (AvgIpc) is 2.52. The van der Waals surface area contributed by atoms with Gasteiger partial charge in [0.25, 0.3) is 20.2 Å². The van der Waals surface area contributed by atoms with Gasteiger partial charge < -0.3 is 8.85 Å². The summed E-state index contributed by atoms with van der Waals surface area (Å²) in [5.74, 6) is 0. The first-order valence-corrected chi connectivity index (χ1v) is 17.8. The van der Waals surface area contributed by atoms with Crippen molar-refractivity contribution in [3.05, 3.63) is 0 Å². The van der Waals surface area contributed by atoms with Crippen molar-refractivity contribution in [1.29, 1.82) is 0 Å². The molecule has 0 bridgehead atoms. The van der Waals surface area contributed by atoms with Crippen LogP contribution in [0.25, 0.3) is 0 Å². The monoisotopic (exact) mass is 476 g/mol. The van der Waals surface area contributed by atoms with Gasteiger partial charge in [0, 0.05) is 13.2 Å². The molecule has 0 aromatic rings. The molecule has 1 aliphatic rings. The molecule has 0 radical (unpaired) electrons. The largest absolute Gasteiger partial charge is 0.393 e. The Bertz CT molecular complexity index is 598. The highest BCUT2D eigenvalue weighted by molar-refractivity contribution is 8.04. The second kappa shape index (κ2) is 11.5. The van der Waals surface area contributed by atoms with E-state index in [2.05, 4.69) is 0 Å². The first-order chi connectivity index (χ1) is 13.1. The summed E-state index contributed by atoms with van der Waals surface area (Å²) in [4.78, 5) is 0. The lowest BCUT2D eigenvalue weighted by Gasteiger charge is -2.33. The highest BCUT2D eigenvalue weighted by Crippen LogP contribution is 2.30. The Hall–Kier alpha value is 0.174. The molecular weight excluding hydrogens is 440 g/mol. The van der Waals surface area contributed by atoms with E-state index in [0.29, 0.717) is 69.5 Å². The van der Waals surface area contributed by atoms with E-state index in [0.717, 1.165) is 0 Å². The summed E-state index contributed by atoms with van der Waals surface area (Å²) in [6.07, 6.45) is 3.33. The molecule has 0 aromatic heterocycles. The summed E-state index contributed by atoms with van der Waals surface area (Å²) in [5.41, 5.74) is 0. The smallest absolute Gasteiger partial charge is 0.357 e. The van der Waals surface area contributed by atoms with Gasteiger partial charge in [-0.1, -0.05) is 53.4 Å². The van der Waals surface area contributed by atoms with E-state index in [9.17, 15) is 16.8 Å². The fraction of sp³-hybridized carbons (Fsp3) is 1.00. The SMILES string of the molecule is CCC[Si]1(CCC)OCCCO[Si](CCC)(CCC)OS(=O)(=O)CS(=O)(=O)O1. The quantitative estimate of drug-likeness (QED) is 0.489. The molecular formula is C16H36O8S2Si2. The van der Waals surface area contributed by atoms with Gasteiger partial charge in [-0.15, -0.1) is 0 Å². The van der Waals surface area contributed by atoms with Crippen LogP contribution in [0.2, 0.25) is 24.2 Å². The van der Waals surface area contributed by atoms with Crippen LogP contribution in [0.15, 0.2) is 0 Å². The third kappa shape index (κ3) is 8.50. The molecule has 1 saturated heterocycles. The van der Waals surface area contributed by atoms with Crippen LogP contribution in [0.1, 0.15) is 59.8 Å². The molecule has 12 heteroatoms. The Kier molecular flexibility index (Phi) is 10.8. The van der Waals surface area contributed by atoms with Gasteiger partial charge in [-0.2, -0.15) is 16.8 Å². The average molecular weight is 477 g/mol. The first-order valence-electron chi connectivity index (χ1n) is 10.2. The zero-order chi connectivity index (χ0) is 21.3. The summed E-state index contributed by atoms with van der Waals surface area (Å²) >= 11 is 0. The van der Waals surface area contributed by atoms with Crippen molar-refractivity contribution in [3.63, 3.8) is 0 Å². The molecule has 0 aromatic carbocycles. The maximum absolute atomic E-state index is 12.6. The van der Waals surface area contributed by atoms with E-state index >= 15 is 0 Å². The van der Waals surface area contributed by atoms with Gasteiger partial charge in [0.1, 0.15) is 0 Å². The van der Waals surface area contributed by atoms with E-state index in [1.807, 2.05) is 27.7 Å². The molecule has 1 rings (SSSR count). The standard InChI is InChI=1S/C16H36O8S2Si2/c1-5-12-27(13-6-2)21-10-9-11-22-28(14-7-3,15-8-4)24-26(19,20)16-25(17,18)23-27/h5-16H2,1-4H3. The van der Waals surface area contributed by atoms with E-state index in [4.69, 9.17) is 16.6 Å². The molecule has 0 unspecified atom stereocenters. The zero-order valence-electron chi connectivity index (χ0n) is 17.6. The van der Waals surface area contributed by atoms with Crippen molar-refractivity contribution in [2.24, 2.45) is 0 Å². The van der Waals surface area contributed by atoms with Crippen molar-refractivity contribution >= 4 is 37.4 Å². The molecule has 0 spiro atoms. The van der Waals surface area contributed by atoms with Crippen LogP contribution >= 0.6 is 0 Å². The van der Waals surface area contributed by atoms with Gasteiger partial charge in [-0.3, -0.25) is 7.74 Å². The summed E-state index contributed by atoms with van der Waals surface area (Å²) in [6.45, 7) is 8.38. The Labute approximate surface area is 173 Å². The summed E-state index contributed by atoms with van der Waals surface area (Å²) in [5, 5.41) is -1.20. The van der Waals surface area contributed by atoms with Crippen molar-refractivity contribution in [2.75, 3.05) is 18.3 Å². The second-order valence-electron chi connectivity index (χ2n) is 7.27. The van der Waals surface area contributed by atoms with Crippen LogP contribution in [0.4, 0.5) is 0 Å². The highest BCUT2D eigenvalue weighted by Gasteiger charge is 2.46. The van der Waals surface area contributed by atoms with Crippen LogP contribution in [0, 0.1) is 0 Å². The van der Waals surface area contributed by atoms with Crippen LogP contribution in [-0.2, 0) is 36.8 Å². The molecule has 0 aliphatic carbocycles. The second-order valence-corrected chi connectivity index (χ2v) is 18.0. The molecule has 28 heavy (non-hydrogen) atoms. The first kappa shape index (κ1) is 26.2. The summed E-state index contributed by atoms with van der Waals surface area (Å²) in [6, 6.07) is 1.97. The van der Waals surface area contributed by atoms with Gasteiger partial charge in [0.2, 0.25) is 5.08 Å². The van der Waals surface area contributed by atoms with Gasteiger partial charge >= 0.3 is 17.1 Å². The molecule has 1 heterocycles. The Morgan fingerprint density at radius 1 is 0.643 bits per heavy atom. The Balaban J connectivity index is 3.24. The lowest BCUT2D eigenvalue weighted by atomic mass is 10.5. The lowest BCUT2D eigenvalue weighted by Crippen LogP contribution is -2.48. The van der Waals surface area contributed by atoms with Gasteiger partial charge in [-0.25, -0.2) is 0 Å². The fourth-order valence-corrected chi connectivity index (χ4v) is 16.8. The lowest BCUT2D eigenvalue weighted by molar-refractivity contribution is 0.183. The van der Waals surface area contributed by atoms with E-state index < -0.39 is 42.4 Å². The minimum Gasteiger partial charge on any atom is -0.393 e. The third-order valence-electron chi connectivity index (χ3n) is 4.39. The maximum atomic E-state index is 12.6. The predicted molar refractivity (Wildman–Crippen MR) is 113 cm³/mol. The molecule has 0 N–H and O–H groups in total. The molecule has 1 aliphatic heterocycles. The van der Waals surface area contributed by atoms with Crippen LogP contribution < -0.4 is 0 Å². The third-order valence-corrected chi connectivity index (χ3v) is 17.7. The van der Waals surface area contributed by atoms with Crippen LogP contribution in [0.3, 0.4) is 0 Å². The predicted octanol–water partition coefficient (Wildman–Crippen LogP) is 3.60. The zero-order valence-corrected chi connectivity index (χ0v) is 21.2. The molecule has 0 atom stereocenters. The normalized spacial score (nSPS) is 24.7. The van der Waals surface area contributed by atoms with Crippen molar-refractivity contribution in [3.8, 4) is 0 Å². The number of hydrogen-bond acceptors (Lipinski definition) is 8. The maximum Gasteiger partial charge on any atom is 0.357 e. The van der Waals surface area contributed by atoms with E-state index in [1.165, 1.54) is 0 Å². The Morgan fingerprint density at radius 3 is 1.25 bits per heavy atom. The molecule has 0 saturated carbocycles.